The van der Waals surface area contributed by atoms with Crippen LogP contribution in [0, 0.1) is 19.8 Å². The lowest BCUT2D eigenvalue weighted by molar-refractivity contribution is 0.122. The molecule has 1 aliphatic rings. The number of ether oxygens (including phenoxy) is 1. The summed E-state index contributed by atoms with van der Waals surface area (Å²) in [5.74, 6) is 3.68. The maximum atomic E-state index is 5.64. The van der Waals surface area contributed by atoms with Crippen LogP contribution in [0.2, 0.25) is 0 Å². The monoisotopic (exact) mass is 527 g/mol. The van der Waals surface area contributed by atoms with E-state index in [-0.39, 0.29) is 24.0 Å². The van der Waals surface area contributed by atoms with Crippen LogP contribution in [0.15, 0.2) is 33.7 Å². The molecule has 2 N–H and O–H groups in total. The fourth-order valence-electron chi connectivity index (χ4n) is 4.02. The molecular weight excluding hydrogens is 493 g/mol. The van der Waals surface area contributed by atoms with Gasteiger partial charge < -0.3 is 19.8 Å². The van der Waals surface area contributed by atoms with Crippen molar-refractivity contribution >= 4 is 29.9 Å². The van der Waals surface area contributed by atoms with E-state index in [1.807, 2.05) is 26.0 Å². The van der Waals surface area contributed by atoms with Gasteiger partial charge in [0, 0.05) is 19.6 Å². The number of methoxy groups -OCH3 is 1. The molecule has 2 heterocycles. The highest BCUT2D eigenvalue weighted by atomic mass is 127. The number of aromatic nitrogens is 1. The summed E-state index contributed by atoms with van der Waals surface area (Å²) < 4.78 is 11.0. The highest BCUT2D eigenvalue weighted by Crippen LogP contribution is 2.35. The van der Waals surface area contributed by atoms with Crippen molar-refractivity contribution in [2.24, 2.45) is 10.9 Å². The van der Waals surface area contributed by atoms with Crippen LogP contribution in [-0.4, -0.2) is 50.1 Å². The quantitative estimate of drug-likeness (QED) is 0.340. The molecule has 1 saturated heterocycles. The van der Waals surface area contributed by atoms with E-state index in [2.05, 4.69) is 44.7 Å². The molecule has 1 aromatic heterocycles. The number of likely N-dealkylation sites (tertiary alicyclic amines) is 1. The number of benzene rings is 1. The maximum Gasteiger partial charge on any atom is 0.214 e. The molecule has 0 bridgehead atoms. The summed E-state index contributed by atoms with van der Waals surface area (Å²) in [5, 5.41) is 6.79. The molecule has 1 aromatic carbocycles. The Kier molecular flexibility index (Phi) is 9.41. The number of hydrogen-bond acceptors (Lipinski definition) is 5. The van der Waals surface area contributed by atoms with Crippen molar-refractivity contribution in [3.05, 3.63) is 47.2 Å². The van der Waals surface area contributed by atoms with E-state index < -0.39 is 0 Å². The zero-order chi connectivity index (χ0) is 20.8. The fourth-order valence-corrected chi connectivity index (χ4v) is 4.02. The summed E-state index contributed by atoms with van der Waals surface area (Å²) in [4.78, 5) is 11.2. The molecule has 30 heavy (non-hydrogen) atoms. The fraction of sp³-hybridized carbons (Fsp3) is 0.545. The molecule has 0 amide bonds. The molecule has 0 radical (unpaired) electrons. The smallest absolute Gasteiger partial charge is 0.214 e. The van der Waals surface area contributed by atoms with Crippen LogP contribution in [0.25, 0.3) is 0 Å². The molecule has 7 nitrogen and oxygen atoms in total. The minimum absolute atomic E-state index is 0. The number of nitrogens with zero attached hydrogens (tertiary/aromatic N) is 3. The molecule has 8 heteroatoms. The van der Waals surface area contributed by atoms with Gasteiger partial charge in [-0.05, 0) is 63.9 Å². The number of aliphatic imine (C=N–C) groups is 1. The van der Waals surface area contributed by atoms with Gasteiger partial charge in [0.15, 0.2) is 5.96 Å². The number of hydrogen-bond donors (Lipinski definition) is 2. The average molecular weight is 527 g/mol. The number of piperidine rings is 1. The van der Waals surface area contributed by atoms with Gasteiger partial charge in [-0.2, -0.15) is 0 Å². The van der Waals surface area contributed by atoms with Crippen molar-refractivity contribution in [2.45, 2.75) is 39.3 Å². The minimum Gasteiger partial charge on any atom is -0.497 e. The van der Waals surface area contributed by atoms with Gasteiger partial charge in [-0.3, -0.25) is 9.89 Å². The lowest BCUT2D eigenvalue weighted by Gasteiger charge is -2.40. The Morgan fingerprint density at radius 2 is 2.00 bits per heavy atom. The van der Waals surface area contributed by atoms with Crippen LogP contribution >= 0.6 is 24.0 Å². The van der Waals surface area contributed by atoms with Crippen LogP contribution in [0.3, 0.4) is 0 Å². The summed E-state index contributed by atoms with van der Waals surface area (Å²) in [6, 6.07) is 8.82. The Morgan fingerprint density at radius 3 is 2.60 bits per heavy atom. The second-order valence-electron chi connectivity index (χ2n) is 7.66. The molecular formula is C22H34IN5O2. The molecule has 166 valence electrons. The first-order chi connectivity index (χ1) is 14.0. The summed E-state index contributed by atoms with van der Waals surface area (Å²) in [6.45, 7) is 6.36. The second-order valence-corrected chi connectivity index (χ2v) is 7.66. The number of oxazole rings is 1. The van der Waals surface area contributed by atoms with E-state index in [0.29, 0.717) is 24.4 Å². The third-order valence-corrected chi connectivity index (χ3v) is 5.70. The van der Waals surface area contributed by atoms with Gasteiger partial charge in [-0.15, -0.1) is 24.0 Å². The number of nitrogens with one attached hydrogen (secondary N) is 2. The average Bonchev–Trinajstić information content (AvgIpc) is 3.05. The van der Waals surface area contributed by atoms with E-state index in [1.165, 1.54) is 18.4 Å². The summed E-state index contributed by atoms with van der Waals surface area (Å²) in [7, 11) is 5.70. The molecule has 3 rings (SSSR count). The normalized spacial score (nSPS) is 19.8. The van der Waals surface area contributed by atoms with Crippen molar-refractivity contribution in [2.75, 3.05) is 34.3 Å². The minimum atomic E-state index is 0. The van der Waals surface area contributed by atoms with E-state index in [4.69, 9.17) is 9.15 Å². The Bertz CT molecular complexity index is 802. The third-order valence-electron chi connectivity index (χ3n) is 5.70. The second kappa shape index (κ2) is 11.5. The molecule has 1 fully saturated rings. The number of rotatable bonds is 6. The lowest BCUT2D eigenvalue weighted by atomic mass is 9.85. The lowest BCUT2D eigenvalue weighted by Crippen LogP contribution is -2.44. The van der Waals surface area contributed by atoms with Crippen molar-refractivity contribution in [3.63, 3.8) is 0 Å². The zero-order valence-electron chi connectivity index (χ0n) is 18.6. The van der Waals surface area contributed by atoms with Gasteiger partial charge >= 0.3 is 0 Å². The Labute approximate surface area is 196 Å². The van der Waals surface area contributed by atoms with Gasteiger partial charge in [0.1, 0.15) is 11.5 Å². The highest BCUT2D eigenvalue weighted by molar-refractivity contribution is 14.0. The van der Waals surface area contributed by atoms with Crippen LogP contribution in [0.5, 0.6) is 5.75 Å². The largest absolute Gasteiger partial charge is 0.497 e. The molecule has 2 unspecified atom stereocenters. The molecule has 0 aliphatic carbocycles. The van der Waals surface area contributed by atoms with E-state index in [0.717, 1.165) is 36.3 Å². The maximum absolute atomic E-state index is 5.64. The summed E-state index contributed by atoms with van der Waals surface area (Å²) in [6.07, 6.45) is 2.39. The van der Waals surface area contributed by atoms with Crippen LogP contribution in [0.4, 0.5) is 0 Å². The molecule has 0 spiro atoms. The van der Waals surface area contributed by atoms with E-state index >= 15 is 0 Å². The van der Waals surface area contributed by atoms with Gasteiger partial charge in [-0.25, -0.2) is 4.98 Å². The molecule has 1 aliphatic heterocycles. The van der Waals surface area contributed by atoms with Gasteiger partial charge in [0.05, 0.1) is 19.3 Å². The van der Waals surface area contributed by atoms with Crippen LogP contribution < -0.4 is 15.4 Å². The first kappa shape index (κ1) is 24.5. The van der Waals surface area contributed by atoms with Gasteiger partial charge in [-0.1, -0.05) is 12.1 Å². The Balaban J connectivity index is 0.00000320. The first-order valence-corrected chi connectivity index (χ1v) is 10.2. The first-order valence-electron chi connectivity index (χ1n) is 10.2. The topological polar surface area (TPSA) is 74.9 Å². The van der Waals surface area contributed by atoms with Crippen molar-refractivity contribution in [1.82, 2.24) is 20.5 Å². The van der Waals surface area contributed by atoms with Crippen LogP contribution in [-0.2, 0) is 6.54 Å². The Hall–Kier alpha value is -1.81. The highest BCUT2D eigenvalue weighted by Gasteiger charge is 2.30. The third kappa shape index (κ3) is 6.10. The predicted molar refractivity (Wildman–Crippen MR) is 131 cm³/mol. The molecule has 0 saturated carbocycles. The standard InChI is InChI=1S/C22H33N5O2.HI/c1-15-16(2)29-20(26-15)14-25-22(23-3)24-13-18-7-6-12-27(4)21(18)17-8-10-19(28-5)11-9-17;/h8-11,18,21H,6-7,12-14H2,1-5H3,(H2,23,24,25);1H. The summed E-state index contributed by atoms with van der Waals surface area (Å²) >= 11 is 0. The van der Waals surface area contributed by atoms with Crippen molar-refractivity contribution in [3.8, 4) is 5.75 Å². The van der Waals surface area contributed by atoms with Crippen LogP contribution in [0.1, 0.15) is 41.8 Å². The Morgan fingerprint density at radius 1 is 1.27 bits per heavy atom. The summed E-state index contributed by atoms with van der Waals surface area (Å²) in [5.41, 5.74) is 2.26. The molecule has 2 aromatic rings. The van der Waals surface area contributed by atoms with Gasteiger partial charge in [0.25, 0.3) is 0 Å². The van der Waals surface area contributed by atoms with Crippen molar-refractivity contribution < 1.29 is 9.15 Å². The number of guanidine groups is 1. The van der Waals surface area contributed by atoms with E-state index in [1.54, 1.807) is 14.2 Å². The predicted octanol–water partition coefficient (Wildman–Crippen LogP) is 3.67. The zero-order valence-corrected chi connectivity index (χ0v) is 20.9. The molecule has 2 atom stereocenters. The van der Waals surface area contributed by atoms with Gasteiger partial charge in [0.2, 0.25) is 5.89 Å². The number of halogens is 1. The number of aryl methyl sites for hydroxylation is 2. The van der Waals surface area contributed by atoms with E-state index in [9.17, 15) is 0 Å². The SMILES string of the molecule is CN=C(NCc1nc(C)c(C)o1)NCC1CCCN(C)C1c1ccc(OC)cc1.I. The van der Waals surface area contributed by atoms with Crippen molar-refractivity contribution in [1.29, 1.82) is 0 Å².